The van der Waals surface area contributed by atoms with Gasteiger partial charge in [0.25, 0.3) is 0 Å². The molecular weight excluding hydrogens is 252 g/mol. The van der Waals surface area contributed by atoms with E-state index >= 15 is 0 Å². The van der Waals surface area contributed by atoms with E-state index in [4.69, 9.17) is 9.84 Å². The van der Waals surface area contributed by atoms with E-state index in [0.29, 0.717) is 12.4 Å². The lowest BCUT2D eigenvalue weighted by Gasteiger charge is -2.14. The molecular formula is C17H20O3. The van der Waals surface area contributed by atoms with Gasteiger partial charge in [-0.25, -0.2) is 0 Å². The summed E-state index contributed by atoms with van der Waals surface area (Å²) in [7, 11) is 0. The Kier molecular flexibility index (Phi) is 4.77. The second kappa shape index (κ2) is 6.55. The fourth-order valence-electron chi connectivity index (χ4n) is 2.01. The third-order valence-corrected chi connectivity index (χ3v) is 3.22. The number of ether oxygens (including phenoxy) is 1. The maximum Gasteiger partial charge on any atom is 0.125 e. The zero-order valence-corrected chi connectivity index (χ0v) is 11.8. The highest BCUT2D eigenvalue weighted by atomic mass is 16.5. The first kappa shape index (κ1) is 14.6. The van der Waals surface area contributed by atoms with E-state index in [1.54, 1.807) is 6.92 Å². The standard InChI is InChI=1S/C17H20O3/c1-12-3-8-16(13(2)19)17(9-12)20-11-15-6-4-14(10-18)5-7-15/h3-9,13,18-19H,10-11H2,1-2H3. The molecule has 0 bridgehead atoms. The fraction of sp³-hybridized carbons (Fsp3) is 0.294. The van der Waals surface area contributed by atoms with E-state index in [1.165, 1.54) is 0 Å². The minimum Gasteiger partial charge on any atom is -0.489 e. The van der Waals surface area contributed by atoms with Crippen LogP contribution in [0.2, 0.25) is 0 Å². The van der Waals surface area contributed by atoms with Crippen molar-refractivity contribution in [3.05, 3.63) is 64.7 Å². The van der Waals surface area contributed by atoms with Gasteiger partial charge in [-0.05, 0) is 36.6 Å². The maximum absolute atomic E-state index is 9.75. The third kappa shape index (κ3) is 3.59. The molecule has 2 aromatic rings. The minimum absolute atomic E-state index is 0.0468. The smallest absolute Gasteiger partial charge is 0.125 e. The lowest BCUT2D eigenvalue weighted by molar-refractivity contribution is 0.190. The van der Waals surface area contributed by atoms with Crippen LogP contribution in [0.3, 0.4) is 0 Å². The molecule has 0 aliphatic rings. The van der Waals surface area contributed by atoms with Crippen LogP contribution in [0, 0.1) is 6.92 Å². The van der Waals surface area contributed by atoms with Gasteiger partial charge in [-0.3, -0.25) is 0 Å². The van der Waals surface area contributed by atoms with Crippen molar-refractivity contribution in [2.75, 3.05) is 0 Å². The summed E-state index contributed by atoms with van der Waals surface area (Å²) < 4.78 is 5.82. The fourth-order valence-corrected chi connectivity index (χ4v) is 2.01. The van der Waals surface area contributed by atoms with Gasteiger partial charge in [0.2, 0.25) is 0 Å². The molecule has 0 aliphatic carbocycles. The molecule has 20 heavy (non-hydrogen) atoms. The van der Waals surface area contributed by atoms with Gasteiger partial charge in [0.1, 0.15) is 12.4 Å². The van der Waals surface area contributed by atoms with Gasteiger partial charge in [-0.15, -0.1) is 0 Å². The number of hydrogen-bond donors (Lipinski definition) is 2. The highest BCUT2D eigenvalue weighted by Gasteiger charge is 2.09. The molecule has 0 heterocycles. The highest BCUT2D eigenvalue weighted by Crippen LogP contribution is 2.27. The summed E-state index contributed by atoms with van der Waals surface area (Å²) in [5.74, 6) is 0.714. The first-order chi connectivity index (χ1) is 9.60. The second-order valence-electron chi connectivity index (χ2n) is 4.98. The van der Waals surface area contributed by atoms with Crippen molar-refractivity contribution in [2.45, 2.75) is 33.2 Å². The summed E-state index contributed by atoms with van der Waals surface area (Å²) in [4.78, 5) is 0. The van der Waals surface area contributed by atoms with Crippen molar-refractivity contribution < 1.29 is 14.9 Å². The Morgan fingerprint density at radius 2 is 1.70 bits per heavy atom. The Morgan fingerprint density at radius 3 is 2.30 bits per heavy atom. The average molecular weight is 272 g/mol. The van der Waals surface area contributed by atoms with Gasteiger partial charge in [0.15, 0.2) is 0 Å². The lowest BCUT2D eigenvalue weighted by atomic mass is 10.1. The molecule has 0 radical (unpaired) electrons. The van der Waals surface area contributed by atoms with Crippen LogP contribution < -0.4 is 4.74 Å². The topological polar surface area (TPSA) is 49.7 Å². The summed E-state index contributed by atoms with van der Waals surface area (Å²) in [6.07, 6.45) is -0.553. The van der Waals surface area contributed by atoms with Crippen molar-refractivity contribution in [3.63, 3.8) is 0 Å². The van der Waals surface area contributed by atoms with Gasteiger partial charge in [-0.1, -0.05) is 36.4 Å². The van der Waals surface area contributed by atoms with E-state index in [9.17, 15) is 5.11 Å². The molecule has 2 aromatic carbocycles. The van der Waals surface area contributed by atoms with E-state index in [0.717, 1.165) is 22.3 Å². The van der Waals surface area contributed by atoms with Gasteiger partial charge in [0, 0.05) is 5.56 Å². The Hall–Kier alpha value is -1.84. The van der Waals surface area contributed by atoms with Crippen LogP contribution in [0.5, 0.6) is 5.75 Å². The summed E-state index contributed by atoms with van der Waals surface area (Å²) in [5.41, 5.74) is 3.80. The van der Waals surface area contributed by atoms with E-state index < -0.39 is 6.10 Å². The number of rotatable bonds is 5. The van der Waals surface area contributed by atoms with Crippen molar-refractivity contribution in [2.24, 2.45) is 0 Å². The van der Waals surface area contributed by atoms with Crippen LogP contribution in [0.4, 0.5) is 0 Å². The molecule has 2 N–H and O–H groups in total. The Morgan fingerprint density at radius 1 is 1.05 bits per heavy atom. The Bertz CT molecular complexity index is 559. The van der Waals surface area contributed by atoms with Crippen LogP contribution in [0.1, 0.15) is 35.3 Å². The first-order valence-corrected chi connectivity index (χ1v) is 6.70. The SMILES string of the molecule is Cc1ccc(C(C)O)c(OCc2ccc(CO)cc2)c1. The van der Waals surface area contributed by atoms with E-state index in [-0.39, 0.29) is 6.61 Å². The van der Waals surface area contributed by atoms with Crippen LogP contribution in [-0.4, -0.2) is 10.2 Å². The molecule has 0 aromatic heterocycles. The zero-order chi connectivity index (χ0) is 14.5. The van der Waals surface area contributed by atoms with Gasteiger partial charge in [-0.2, -0.15) is 0 Å². The average Bonchev–Trinajstić information content (AvgIpc) is 2.45. The minimum atomic E-state index is -0.553. The normalized spacial score (nSPS) is 12.2. The Balaban J connectivity index is 2.11. The van der Waals surface area contributed by atoms with Crippen molar-refractivity contribution in [1.29, 1.82) is 0 Å². The molecule has 0 fully saturated rings. The predicted molar refractivity (Wildman–Crippen MR) is 78.5 cm³/mol. The van der Waals surface area contributed by atoms with Gasteiger partial charge in [0.05, 0.1) is 12.7 Å². The van der Waals surface area contributed by atoms with Crippen LogP contribution in [0.25, 0.3) is 0 Å². The number of aliphatic hydroxyl groups excluding tert-OH is 2. The molecule has 0 spiro atoms. The zero-order valence-electron chi connectivity index (χ0n) is 11.8. The van der Waals surface area contributed by atoms with Gasteiger partial charge < -0.3 is 14.9 Å². The second-order valence-corrected chi connectivity index (χ2v) is 4.98. The third-order valence-electron chi connectivity index (χ3n) is 3.22. The summed E-state index contributed by atoms with van der Waals surface area (Å²) in [5, 5.41) is 18.8. The predicted octanol–water partition coefficient (Wildman–Crippen LogP) is 3.12. The van der Waals surface area contributed by atoms with Gasteiger partial charge >= 0.3 is 0 Å². The van der Waals surface area contributed by atoms with Crippen molar-refractivity contribution in [3.8, 4) is 5.75 Å². The summed E-state index contributed by atoms with van der Waals surface area (Å²) in [6, 6.07) is 13.4. The molecule has 0 saturated heterocycles. The van der Waals surface area contributed by atoms with E-state index in [2.05, 4.69) is 0 Å². The molecule has 0 amide bonds. The molecule has 106 valence electrons. The Labute approximate surface area is 119 Å². The molecule has 3 nitrogen and oxygen atoms in total. The quantitative estimate of drug-likeness (QED) is 0.879. The van der Waals surface area contributed by atoms with Crippen LogP contribution >= 0.6 is 0 Å². The van der Waals surface area contributed by atoms with E-state index in [1.807, 2.05) is 49.4 Å². The molecule has 2 rings (SSSR count). The highest BCUT2D eigenvalue weighted by molar-refractivity contribution is 5.38. The summed E-state index contributed by atoms with van der Waals surface area (Å²) >= 11 is 0. The molecule has 1 atom stereocenters. The molecule has 3 heteroatoms. The van der Waals surface area contributed by atoms with Crippen molar-refractivity contribution >= 4 is 0 Å². The van der Waals surface area contributed by atoms with Crippen LogP contribution in [0.15, 0.2) is 42.5 Å². The number of benzene rings is 2. The largest absolute Gasteiger partial charge is 0.489 e. The number of hydrogen-bond acceptors (Lipinski definition) is 3. The first-order valence-electron chi connectivity index (χ1n) is 6.70. The van der Waals surface area contributed by atoms with Crippen molar-refractivity contribution in [1.82, 2.24) is 0 Å². The molecule has 1 unspecified atom stereocenters. The maximum atomic E-state index is 9.75. The number of aliphatic hydroxyl groups is 2. The monoisotopic (exact) mass is 272 g/mol. The lowest BCUT2D eigenvalue weighted by Crippen LogP contribution is -2.01. The number of aryl methyl sites for hydroxylation is 1. The summed E-state index contributed by atoms with van der Waals surface area (Å²) in [6.45, 7) is 4.21. The molecule has 0 aliphatic heterocycles. The van der Waals surface area contributed by atoms with Crippen LogP contribution in [-0.2, 0) is 13.2 Å². The molecule has 0 saturated carbocycles.